The monoisotopic (exact) mass is 363 g/mol. The van der Waals surface area contributed by atoms with Crippen LogP contribution in [-0.2, 0) is 5.41 Å². The first-order chi connectivity index (χ1) is 13.2. The Balaban J connectivity index is 0.00000192. The van der Waals surface area contributed by atoms with Gasteiger partial charge in [0.2, 0.25) is 0 Å². The molecule has 1 aliphatic rings. The zero-order valence-corrected chi connectivity index (χ0v) is 16.4. The summed E-state index contributed by atoms with van der Waals surface area (Å²) in [6.07, 6.45) is 0. The number of benzene rings is 4. The molecule has 0 atom stereocenters. The van der Waals surface area contributed by atoms with Crippen molar-refractivity contribution in [3.05, 3.63) is 108 Å². The lowest BCUT2D eigenvalue weighted by Gasteiger charge is -2.26. The van der Waals surface area contributed by atoms with E-state index in [1.54, 1.807) is 0 Å². The maximum Gasteiger partial charge on any atom is 0.0165 e. The van der Waals surface area contributed by atoms with E-state index in [0.29, 0.717) is 0 Å². The molecule has 28 heavy (non-hydrogen) atoms. The molecule has 0 aliphatic heterocycles. The highest BCUT2D eigenvalue weighted by atomic mass is 14.4. The Kier molecular flexibility index (Phi) is 4.41. The number of hydrogen-bond acceptors (Lipinski definition) is 1. The lowest BCUT2D eigenvalue weighted by Crippen LogP contribution is -2.16. The van der Waals surface area contributed by atoms with Crippen LogP contribution in [0.4, 0.5) is 0 Å². The summed E-state index contributed by atoms with van der Waals surface area (Å²) in [5.41, 5.74) is 10.8. The van der Waals surface area contributed by atoms with Crippen LogP contribution in [0, 0.1) is 0 Å². The standard InChI is InChI=1S/C27H22.H3N/c1-27(2)24-16-10-9-15-22(24)23-18-17-21(19-11-5-3-6-12-19)25(26(23)27)20-13-7-4-8-14-20;/h3-18H,1-2H3;1H3. The van der Waals surface area contributed by atoms with Gasteiger partial charge in [-0.15, -0.1) is 0 Å². The van der Waals surface area contributed by atoms with Gasteiger partial charge < -0.3 is 6.15 Å². The van der Waals surface area contributed by atoms with Crippen LogP contribution in [-0.4, -0.2) is 0 Å². The summed E-state index contributed by atoms with van der Waals surface area (Å²) in [6.45, 7) is 4.72. The highest BCUT2D eigenvalue weighted by Crippen LogP contribution is 2.54. The Morgan fingerprint density at radius 2 is 1.04 bits per heavy atom. The van der Waals surface area contributed by atoms with Crippen LogP contribution in [0.2, 0.25) is 0 Å². The largest absolute Gasteiger partial charge is 0.344 e. The lowest BCUT2D eigenvalue weighted by atomic mass is 9.76. The van der Waals surface area contributed by atoms with Crippen molar-refractivity contribution in [2.75, 3.05) is 0 Å². The molecule has 4 aromatic carbocycles. The second-order valence-corrected chi connectivity index (χ2v) is 7.81. The summed E-state index contributed by atoms with van der Waals surface area (Å²) in [5, 5.41) is 0. The summed E-state index contributed by atoms with van der Waals surface area (Å²) in [5.74, 6) is 0. The Morgan fingerprint density at radius 1 is 0.500 bits per heavy atom. The van der Waals surface area contributed by atoms with Gasteiger partial charge in [0.15, 0.2) is 0 Å². The van der Waals surface area contributed by atoms with Crippen molar-refractivity contribution < 1.29 is 0 Å². The first-order valence-corrected chi connectivity index (χ1v) is 9.56. The molecule has 0 aromatic heterocycles. The average Bonchev–Trinajstić information content (AvgIpc) is 2.96. The molecule has 138 valence electrons. The summed E-state index contributed by atoms with van der Waals surface area (Å²) >= 11 is 0. The molecule has 4 aromatic rings. The van der Waals surface area contributed by atoms with Gasteiger partial charge in [0, 0.05) is 5.41 Å². The van der Waals surface area contributed by atoms with Crippen molar-refractivity contribution in [2.24, 2.45) is 0 Å². The Morgan fingerprint density at radius 3 is 1.71 bits per heavy atom. The Labute approximate surface area is 167 Å². The first kappa shape index (κ1) is 18.2. The van der Waals surface area contributed by atoms with Crippen molar-refractivity contribution in [2.45, 2.75) is 19.3 Å². The summed E-state index contributed by atoms with van der Waals surface area (Å²) in [6, 6.07) is 35.1. The third-order valence-corrected chi connectivity index (χ3v) is 5.87. The van der Waals surface area contributed by atoms with Crippen LogP contribution in [0.15, 0.2) is 97.1 Å². The molecule has 0 heterocycles. The second-order valence-electron chi connectivity index (χ2n) is 7.81. The number of fused-ring (bicyclic) bond motifs is 3. The van der Waals surface area contributed by atoms with E-state index in [9.17, 15) is 0 Å². The smallest absolute Gasteiger partial charge is 0.0165 e. The van der Waals surface area contributed by atoms with E-state index < -0.39 is 0 Å². The van der Waals surface area contributed by atoms with Gasteiger partial charge in [-0.1, -0.05) is 111 Å². The topological polar surface area (TPSA) is 35.0 Å². The molecular weight excluding hydrogens is 338 g/mol. The van der Waals surface area contributed by atoms with Crippen LogP contribution >= 0.6 is 0 Å². The fourth-order valence-electron chi connectivity index (χ4n) is 4.64. The third-order valence-electron chi connectivity index (χ3n) is 5.87. The molecule has 5 rings (SSSR count). The molecule has 1 aliphatic carbocycles. The zero-order valence-electron chi connectivity index (χ0n) is 16.4. The summed E-state index contributed by atoms with van der Waals surface area (Å²) in [7, 11) is 0. The number of rotatable bonds is 2. The molecular formula is C27H25N. The lowest BCUT2D eigenvalue weighted by molar-refractivity contribution is 0.662. The van der Waals surface area contributed by atoms with Crippen LogP contribution in [0.3, 0.4) is 0 Å². The van der Waals surface area contributed by atoms with Crippen molar-refractivity contribution >= 4 is 0 Å². The molecule has 0 bridgehead atoms. The fraction of sp³-hybridized carbons (Fsp3) is 0.111. The van der Waals surface area contributed by atoms with E-state index in [0.717, 1.165) is 0 Å². The van der Waals surface area contributed by atoms with Gasteiger partial charge >= 0.3 is 0 Å². The molecule has 0 fully saturated rings. The summed E-state index contributed by atoms with van der Waals surface area (Å²) in [4.78, 5) is 0. The van der Waals surface area contributed by atoms with Crippen molar-refractivity contribution in [3.8, 4) is 33.4 Å². The molecule has 0 saturated carbocycles. The van der Waals surface area contributed by atoms with Crippen molar-refractivity contribution in [1.82, 2.24) is 6.15 Å². The number of hydrogen-bond donors (Lipinski definition) is 1. The van der Waals surface area contributed by atoms with E-state index in [1.165, 1.54) is 44.5 Å². The van der Waals surface area contributed by atoms with E-state index in [-0.39, 0.29) is 11.6 Å². The quantitative estimate of drug-likeness (QED) is 0.393. The summed E-state index contributed by atoms with van der Waals surface area (Å²) < 4.78 is 0. The third kappa shape index (κ3) is 2.59. The molecule has 0 amide bonds. The molecule has 3 N–H and O–H groups in total. The van der Waals surface area contributed by atoms with Crippen molar-refractivity contribution in [1.29, 1.82) is 0 Å². The van der Waals surface area contributed by atoms with Crippen LogP contribution < -0.4 is 6.15 Å². The average molecular weight is 364 g/mol. The maximum atomic E-state index is 2.36. The highest BCUT2D eigenvalue weighted by Gasteiger charge is 2.38. The molecule has 0 unspecified atom stereocenters. The predicted molar refractivity (Wildman–Crippen MR) is 120 cm³/mol. The van der Waals surface area contributed by atoms with Crippen molar-refractivity contribution in [3.63, 3.8) is 0 Å². The first-order valence-electron chi connectivity index (χ1n) is 9.56. The van der Waals surface area contributed by atoms with Gasteiger partial charge in [-0.25, -0.2) is 0 Å². The second kappa shape index (κ2) is 6.78. The highest BCUT2D eigenvalue weighted by molar-refractivity contribution is 5.95. The van der Waals surface area contributed by atoms with Crippen LogP contribution in [0.5, 0.6) is 0 Å². The van der Waals surface area contributed by atoms with E-state index in [4.69, 9.17) is 0 Å². The molecule has 0 spiro atoms. The minimum atomic E-state index is -0.0259. The predicted octanol–water partition coefficient (Wildman–Crippen LogP) is 7.49. The maximum absolute atomic E-state index is 2.36. The van der Waals surface area contributed by atoms with E-state index >= 15 is 0 Å². The fourth-order valence-corrected chi connectivity index (χ4v) is 4.64. The van der Waals surface area contributed by atoms with Gasteiger partial charge in [-0.05, 0) is 44.5 Å². The van der Waals surface area contributed by atoms with E-state index in [1.807, 2.05) is 0 Å². The molecule has 0 saturated heterocycles. The molecule has 1 heteroatoms. The van der Waals surface area contributed by atoms with Gasteiger partial charge in [-0.2, -0.15) is 0 Å². The SMILES string of the molecule is CC1(C)c2ccccc2-c2ccc(-c3ccccc3)c(-c3ccccc3)c21.N. The minimum Gasteiger partial charge on any atom is -0.344 e. The normalized spacial score (nSPS) is 13.4. The molecule has 0 radical (unpaired) electrons. The minimum absolute atomic E-state index is 0. The van der Waals surface area contributed by atoms with Crippen LogP contribution in [0.1, 0.15) is 25.0 Å². The molecule has 1 nitrogen and oxygen atoms in total. The van der Waals surface area contributed by atoms with Gasteiger partial charge in [-0.3, -0.25) is 0 Å². The Hall–Kier alpha value is -3.16. The van der Waals surface area contributed by atoms with Gasteiger partial charge in [0.1, 0.15) is 0 Å². The van der Waals surface area contributed by atoms with Gasteiger partial charge in [0.05, 0.1) is 0 Å². The van der Waals surface area contributed by atoms with Crippen LogP contribution in [0.25, 0.3) is 33.4 Å². The Bertz CT molecular complexity index is 1130. The van der Waals surface area contributed by atoms with E-state index in [2.05, 4.69) is 111 Å². The zero-order chi connectivity index (χ0) is 18.4. The van der Waals surface area contributed by atoms with Gasteiger partial charge in [0.25, 0.3) is 0 Å².